The lowest BCUT2D eigenvalue weighted by molar-refractivity contribution is 0.164. The summed E-state index contributed by atoms with van der Waals surface area (Å²) in [4.78, 5) is 0. The fraction of sp³-hybridized carbons (Fsp3) is 1.00. The van der Waals surface area contributed by atoms with Crippen LogP contribution in [0, 0.1) is 5.92 Å². The van der Waals surface area contributed by atoms with Crippen LogP contribution in [0.25, 0.3) is 0 Å². The topological polar surface area (TPSA) is 21.3 Å². The minimum absolute atomic E-state index is 0.437. The van der Waals surface area contributed by atoms with Crippen LogP contribution in [0.4, 0.5) is 0 Å². The maximum Gasteiger partial charge on any atom is 0.0613 e. The van der Waals surface area contributed by atoms with E-state index in [0.29, 0.717) is 18.0 Å². The Bertz CT molecular complexity index is 111. The van der Waals surface area contributed by atoms with Crippen molar-refractivity contribution in [2.45, 2.75) is 32.9 Å². The zero-order chi connectivity index (χ0) is 9.56. The number of alkyl halides is 1. The van der Waals surface area contributed by atoms with Gasteiger partial charge in [0.05, 0.1) is 6.61 Å². The van der Waals surface area contributed by atoms with Crippen LogP contribution in [0.3, 0.4) is 0 Å². The Balaban J connectivity index is 3.59. The normalized spacial score (nSPS) is 18.8. The molecule has 0 aliphatic carbocycles. The van der Waals surface area contributed by atoms with Crippen LogP contribution < -0.4 is 5.32 Å². The summed E-state index contributed by atoms with van der Waals surface area (Å²) in [6, 6.07) is 0.973. The Morgan fingerprint density at radius 3 is 2.33 bits per heavy atom. The molecule has 0 spiro atoms. The Kier molecular flexibility index (Phi) is 7.10. The molecule has 0 bridgehead atoms. The first-order valence-electron chi connectivity index (χ1n) is 4.42. The number of ether oxygens (including phenoxy) is 1. The van der Waals surface area contributed by atoms with Crippen molar-refractivity contribution < 1.29 is 4.74 Å². The lowest BCUT2D eigenvalue weighted by Crippen LogP contribution is -2.41. The lowest BCUT2D eigenvalue weighted by atomic mass is 10.1. The summed E-state index contributed by atoms with van der Waals surface area (Å²) in [6.45, 7) is 7.35. The molecule has 3 heteroatoms. The second-order valence-corrected chi connectivity index (χ2v) is 4.09. The van der Waals surface area contributed by atoms with E-state index < -0.39 is 0 Å². The molecule has 74 valence electrons. The molecule has 0 aliphatic rings. The van der Waals surface area contributed by atoms with Gasteiger partial charge in [0.2, 0.25) is 0 Å². The third-order valence-corrected chi connectivity index (χ3v) is 3.08. The summed E-state index contributed by atoms with van der Waals surface area (Å²) in [7, 11) is 1.73. The van der Waals surface area contributed by atoms with E-state index in [-0.39, 0.29) is 0 Å². The van der Waals surface area contributed by atoms with Gasteiger partial charge in [0.25, 0.3) is 0 Å². The SMILES string of the molecule is COCC(C)NC(C)C(C)CBr. The molecule has 0 aromatic heterocycles. The summed E-state index contributed by atoms with van der Waals surface area (Å²) in [5.74, 6) is 0.657. The van der Waals surface area contributed by atoms with Gasteiger partial charge in [0.15, 0.2) is 0 Å². The quantitative estimate of drug-likeness (QED) is 0.715. The number of halogens is 1. The molecule has 0 heterocycles. The summed E-state index contributed by atoms with van der Waals surface area (Å²) >= 11 is 3.47. The maximum atomic E-state index is 5.04. The largest absolute Gasteiger partial charge is 0.383 e. The van der Waals surface area contributed by atoms with Crippen LogP contribution >= 0.6 is 15.9 Å². The average Bonchev–Trinajstić information content (AvgIpc) is 2.03. The maximum absolute atomic E-state index is 5.04. The van der Waals surface area contributed by atoms with Crippen molar-refractivity contribution in [1.82, 2.24) is 5.32 Å². The van der Waals surface area contributed by atoms with Gasteiger partial charge >= 0.3 is 0 Å². The van der Waals surface area contributed by atoms with Crippen LogP contribution in [0.1, 0.15) is 20.8 Å². The molecule has 3 unspecified atom stereocenters. The first-order chi connectivity index (χ1) is 5.61. The molecule has 12 heavy (non-hydrogen) atoms. The molecule has 0 fully saturated rings. The minimum atomic E-state index is 0.437. The number of nitrogens with one attached hydrogen (secondary N) is 1. The highest BCUT2D eigenvalue weighted by atomic mass is 79.9. The zero-order valence-corrected chi connectivity index (χ0v) is 10.0. The number of methoxy groups -OCH3 is 1. The lowest BCUT2D eigenvalue weighted by Gasteiger charge is -2.23. The molecule has 0 saturated carbocycles. The van der Waals surface area contributed by atoms with Crippen molar-refractivity contribution >= 4 is 15.9 Å². The smallest absolute Gasteiger partial charge is 0.0613 e. The molecule has 0 aromatic carbocycles. The van der Waals surface area contributed by atoms with Crippen LogP contribution in [-0.2, 0) is 4.74 Å². The van der Waals surface area contributed by atoms with Crippen LogP contribution in [0.15, 0.2) is 0 Å². The van der Waals surface area contributed by atoms with E-state index >= 15 is 0 Å². The monoisotopic (exact) mass is 237 g/mol. The van der Waals surface area contributed by atoms with Crippen LogP contribution in [0.2, 0.25) is 0 Å². The van der Waals surface area contributed by atoms with E-state index in [4.69, 9.17) is 4.74 Å². The van der Waals surface area contributed by atoms with Gasteiger partial charge in [0.1, 0.15) is 0 Å². The molecule has 0 radical (unpaired) electrons. The Hall–Kier alpha value is 0.400. The van der Waals surface area contributed by atoms with E-state index in [9.17, 15) is 0 Å². The van der Waals surface area contributed by atoms with Gasteiger partial charge in [0, 0.05) is 24.5 Å². The molecule has 0 aromatic rings. The molecular weight excluding hydrogens is 218 g/mol. The Morgan fingerprint density at radius 2 is 1.92 bits per heavy atom. The average molecular weight is 238 g/mol. The van der Waals surface area contributed by atoms with E-state index in [0.717, 1.165) is 11.9 Å². The number of rotatable bonds is 6. The van der Waals surface area contributed by atoms with Gasteiger partial charge in [-0.25, -0.2) is 0 Å². The molecule has 0 saturated heterocycles. The van der Waals surface area contributed by atoms with E-state index in [1.54, 1.807) is 7.11 Å². The highest BCUT2D eigenvalue weighted by Gasteiger charge is 2.12. The number of hydrogen-bond donors (Lipinski definition) is 1. The first kappa shape index (κ1) is 12.4. The minimum Gasteiger partial charge on any atom is -0.383 e. The van der Waals surface area contributed by atoms with Crippen molar-refractivity contribution in [3.63, 3.8) is 0 Å². The molecule has 0 amide bonds. The molecular formula is C9H20BrNO. The zero-order valence-electron chi connectivity index (χ0n) is 8.43. The summed E-state index contributed by atoms with van der Waals surface area (Å²) in [5.41, 5.74) is 0. The van der Waals surface area contributed by atoms with Crippen LogP contribution in [-0.4, -0.2) is 31.1 Å². The van der Waals surface area contributed by atoms with Crippen molar-refractivity contribution in [3.8, 4) is 0 Å². The predicted molar refractivity (Wildman–Crippen MR) is 56.9 cm³/mol. The van der Waals surface area contributed by atoms with E-state index in [1.165, 1.54) is 0 Å². The summed E-state index contributed by atoms with van der Waals surface area (Å²) < 4.78 is 5.04. The van der Waals surface area contributed by atoms with Crippen LogP contribution in [0.5, 0.6) is 0 Å². The second-order valence-electron chi connectivity index (χ2n) is 3.44. The third kappa shape index (κ3) is 5.12. The standard InChI is InChI=1S/C9H20BrNO/c1-7(5-10)9(3)11-8(2)6-12-4/h7-9,11H,5-6H2,1-4H3. The van der Waals surface area contributed by atoms with Gasteiger partial charge in [-0.15, -0.1) is 0 Å². The Labute approximate surface area is 84.2 Å². The van der Waals surface area contributed by atoms with Gasteiger partial charge in [-0.05, 0) is 19.8 Å². The number of hydrogen-bond acceptors (Lipinski definition) is 2. The van der Waals surface area contributed by atoms with Crippen molar-refractivity contribution in [1.29, 1.82) is 0 Å². The molecule has 2 nitrogen and oxygen atoms in total. The molecule has 3 atom stereocenters. The highest BCUT2D eigenvalue weighted by Crippen LogP contribution is 2.06. The Morgan fingerprint density at radius 1 is 1.33 bits per heavy atom. The fourth-order valence-electron chi connectivity index (χ4n) is 1.04. The summed E-state index contributed by atoms with van der Waals surface area (Å²) in [6.07, 6.45) is 0. The van der Waals surface area contributed by atoms with Gasteiger partial charge in [-0.2, -0.15) is 0 Å². The molecule has 1 N–H and O–H groups in total. The van der Waals surface area contributed by atoms with E-state index in [1.807, 2.05) is 0 Å². The van der Waals surface area contributed by atoms with Crippen molar-refractivity contribution in [2.24, 2.45) is 5.92 Å². The fourth-order valence-corrected chi connectivity index (χ4v) is 1.61. The first-order valence-corrected chi connectivity index (χ1v) is 5.54. The predicted octanol–water partition coefficient (Wildman–Crippen LogP) is 2.03. The molecule has 0 aliphatic heterocycles. The third-order valence-electron chi connectivity index (χ3n) is 2.06. The van der Waals surface area contributed by atoms with Gasteiger partial charge < -0.3 is 10.1 Å². The van der Waals surface area contributed by atoms with Gasteiger partial charge in [-0.1, -0.05) is 22.9 Å². The van der Waals surface area contributed by atoms with Crippen molar-refractivity contribution in [3.05, 3.63) is 0 Å². The van der Waals surface area contributed by atoms with Crippen molar-refractivity contribution in [2.75, 3.05) is 19.0 Å². The molecule has 0 rings (SSSR count). The van der Waals surface area contributed by atoms with Gasteiger partial charge in [-0.3, -0.25) is 0 Å². The van der Waals surface area contributed by atoms with E-state index in [2.05, 4.69) is 42.0 Å². The highest BCUT2D eigenvalue weighted by molar-refractivity contribution is 9.09. The summed E-state index contributed by atoms with van der Waals surface area (Å²) in [5, 5.41) is 4.52. The second kappa shape index (κ2) is 6.87.